The molecule has 5 nitrogen and oxygen atoms in total. The third-order valence-corrected chi connectivity index (χ3v) is 5.03. The number of Topliss-reactive ketones (excluding diaryl/α,β-unsaturated/α-hetero) is 1. The average molecular weight is 379 g/mol. The van der Waals surface area contributed by atoms with Crippen molar-refractivity contribution in [1.82, 2.24) is 9.88 Å². The summed E-state index contributed by atoms with van der Waals surface area (Å²) in [7, 11) is 0. The van der Waals surface area contributed by atoms with Crippen LogP contribution in [-0.2, 0) is 6.54 Å². The Morgan fingerprint density at radius 1 is 1.11 bits per heavy atom. The number of oxazole rings is 1. The molecule has 4 rings (SSSR count). The van der Waals surface area contributed by atoms with Crippen molar-refractivity contribution in [2.45, 2.75) is 13.5 Å². The van der Waals surface area contributed by atoms with Crippen LogP contribution in [0.15, 0.2) is 59.2 Å². The number of ketones is 1. The molecule has 28 heavy (non-hydrogen) atoms. The van der Waals surface area contributed by atoms with Crippen LogP contribution in [-0.4, -0.2) is 41.8 Å². The standard InChI is InChI=1S/C22H22FN3O2/c1-16(27)18-7-8-21(20(23)13-18)26-11-9-25(10-12-26)14-19-15-28-22(24-19)17-5-3-2-4-6-17/h2-8,13,15H,9-12,14H2,1H3. The van der Waals surface area contributed by atoms with Crippen molar-refractivity contribution >= 4 is 11.5 Å². The van der Waals surface area contributed by atoms with Crippen LogP contribution in [0.5, 0.6) is 0 Å². The van der Waals surface area contributed by atoms with Gasteiger partial charge in [-0.15, -0.1) is 0 Å². The average Bonchev–Trinajstić information content (AvgIpc) is 3.18. The lowest BCUT2D eigenvalue weighted by atomic mass is 10.1. The number of aromatic nitrogens is 1. The van der Waals surface area contributed by atoms with Crippen LogP contribution in [0.3, 0.4) is 0 Å². The Balaban J connectivity index is 1.36. The first-order valence-corrected chi connectivity index (χ1v) is 9.38. The van der Waals surface area contributed by atoms with Crippen molar-refractivity contribution in [2.75, 3.05) is 31.1 Å². The zero-order valence-corrected chi connectivity index (χ0v) is 15.8. The van der Waals surface area contributed by atoms with Crippen LogP contribution in [0.4, 0.5) is 10.1 Å². The summed E-state index contributed by atoms with van der Waals surface area (Å²) in [5.74, 6) is 0.157. The van der Waals surface area contributed by atoms with E-state index in [4.69, 9.17) is 4.42 Å². The number of nitrogens with zero attached hydrogens (tertiary/aromatic N) is 3. The van der Waals surface area contributed by atoms with Gasteiger partial charge in [0, 0.05) is 43.9 Å². The minimum atomic E-state index is -0.342. The van der Waals surface area contributed by atoms with Crippen LogP contribution >= 0.6 is 0 Å². The summed E-state index contributed by atoms with van der Waals surface area (Å²) in [4.78, 5) is 20.3. The molecule has 1 aliphatic rings. The van der Waals surface area contributed by atoms with Gasteiger partial charge in [-0.05, 0) is 37.3 Å². The highest BCUT2D eigenvalue weighted by atomic mass is 19.1. The maximum absolute atomic E-state index is 14.4. The Labute approximate surface area is 163 Å². The van der Waals surface area contributed by atoms with Crippen molar-refractivity contribution in [3.8, 4) is 11.5 Å². The quantitative estimate of drug-likeness (QED) is 0.627. The molecule has 0 N–H and O–H groups in total. The molecule has 0 unspecified atom stereocenters. The van der Waals surface area contributed by atoms with Gasteiger partial charge in [-0.3, -0.25) is 9.69 Å². The van der Waals surface area contributed by atoms with E-state index >= 15 is 0 Å². The summed E-state index contributed by atoms with van der Waals surface area (Å²) in [6.45, 7) is 5.21. The number of piperazine rings is 1. The first-order valence-electron chi connectivity index (χ1n) is 9.38. The number of rotatable bonds is 5. The molecule has 2 heterocycles. The lowest BCUT2D eigenvalue weighted by Crippen LogP contribution is -2.46. The molecular formula is C22H22FN3O2. The van der Waals surface area contributed by atoms with Gasteiger partial charge < -0.3 is 9.32 Å². The fraction of sp³-hybridized carbons (Fsp3) is 0.273. The molecule has 0 saturated carbocycles. The highest BCUT2D eigenvalue weighted by Gasteiger charge is 2.21. The summed E-state index contributed by atoms with van der Waals surface area (Å²) in [6.07, 6.45) is 1.70. The molecule has 0 bridgehead atoms. The smallest absolute Gasteiger partial charge is 0.226 e. The highest BCUT2D eigenvalue weighted by molar-refractivity contribution is 5.94. The van der Waals surface area contributed by atoms with E-state index in [-0.39, 0.29) is 11.6 Å². The Morgan fingerprint density at radius 3 is 2.54 bits per heavy atom. The molecule has 0 atom stereocenters. The number of hydrogen-bond acceptors (Lipinski definition) is 5. The van der Waals surface area contributed by atoms with Gasteiger partial charge in [0.05, 0.1) is 11.4 Å². The van der Waals surface area contributed by atoms with E-state index in [1.165, 1.54) is 13.0 Å². The zero-order valence-electron chi connectivity index (χ0n) is 15.8. The van der Waals surface area contributed by atoms with Crippen molar-refractivity contribution in [3.63, 3.8) is 0 Å². The number of hydrogen-bond donors (Lipinski definition) is 0. The molecule has 0 spiro atoms. The largest absolute Gasteiger partial charge is 0.444 e. The predicted molar refractivity (Wildman–Crippen MR) is 106 cm³/mol. The van der Waals surface area contributed by atoms with Crippen molar-refractivity contribution in [1.29, 1.82) is 0 Å². The summed E-state index contributed by atoms with van der Waals surface area (Å²) < 4.78 is 20.0. The van der Waals surface area contributed by atoms with Crippen molar-refractivity contribution in [2.24, 2.45) is 0 Å². The molecule has 1 aliphatic heterocycles. The maximum Gasteiger partial charge on any atom is 0.226 e. The Bertz CT molecular complexity index is 963. The molecule has 0 radical (unpaired) electrons. The van der Waals surface area contributed by atoms with E-state index < -0.39 is 0 Å². The van der Waals surface area contributed by atoms with Crippen LogP contribution in [0.25, 0.3) is 11.5 Å². The molecule has 0 aliphatic carbocycles. The van der Waals surface area contributed by atoms with Crippen molar-refractivity contribution in [3.05, 3.63) is 71.9 Å². The molecule has 0 amide bonds. The van der Waals surface area contributed by atoms with Gasteiger partial charge in [0.25, 0.3) is 0 Å². The molecule has 6 heteroatoms. The number of anilines is 1. The highest BCUT2D eigenvalue weighted by Crippen LogP contribution is 2.23. The number of carbonyl (C=O) groups is 1. The van der Waals surface area contributed by atoms with Gasteiger partial charge >= 0.3 is 0 Å². The Morgan fingerprint density at radius 2 is 1.86 bits per heavy atom. The molecule has 3 aromatic rings. The topological polar surface area (TPSA) is 49.6 Å². The lowest BCUT2D eigenvalue weighted by molar-refractivity contribution is 0.101. The van der Waals surface area contributed by atoms with Crippen LogP contribution in [0.2, 0.25) is 0 Å². The summed E-state index contributed by atoms with van der Waals surface area (Å²) >= 11 is 0. The van der Waals surface area contributed by atoms with Gasteiger partial charge in [-0.2, -0.15) is 0 Å². The van der Waals surface area contributed by atoms with E-state index in [2.05, 4.69) is 9.88 Å². The molecular weight excluding hydrogens is 357 g/mol. The van der Waals surface area contributed by atoms with Gasteiger partial charge in [0.2, 0.25) is 5.89 Å². The maximum atomic E-state index is 14.4. The fourth-order valence-corrected chi connectivity index (χ4v) is 3.45. The zero-order chi connectivity index (χ0) is 19.5. The SMILES string of the molecule is CC(=O)c1ccc(N2CCN(Cc3coc(-c4ccccc4)n3)CC2)c(F)c1. The van der Waals surface area contributed by atoms with Gasteiger partial charge in [-0.25, -0.2) is 9.37 Å². The number of carbonyl (C=O) groups excluding carboxylic acids is 1. The predicted octanol–water partition coefficient (Wildman–Crippen LogP) is 4.01. The van der Waals surface area contributed by atoms with Gasteiger partial charge in [-0.1, -0.05) is 18.2 Å². The summed E-state index contributed by atoms with van der Waals surface area (Å²) in [5.41, 5.74) is 2.81. The van der Waals surface area contributed by atoms with Crippen LogP contribution < -0.4 is 4.90 Å². The Kier molecular flexibility index (Phi) is 5.21. The molecule has 2 aromatic carbocycles. The van der Waals surface area contributed by atoms with E-state index in [0.717, 1.165) is 37.4 Å². The summed E-state index contributed by atoms with van der Waals surface area (Å²) in [5, 5.41) is 0. The second kappa shape index (κ2) is 7.94. The number of benzene rings is 2. The van der Waals surface area contributed by atoms with Crippen LogP contribution in [0.1, 0.15) is 23.0 Å². The molecule has 1 aromatic heterocycles. The minimum Gasteiger partial charge on any atom is -0.444 e. The normalized spacial score (nSPS) is 15.0. The molecule has 144 valence electrons. The second-order valence-corrected chi connectivity index (χ2v) is 7.00. The second-order valence-electron chi connectivity index (χ2n) is 7.00. The molecule has 1 saturated heterocycles. The first kappa shape index (κ1) is 18.4. The fourth-order valence-electron chi connectivity index (χ4n) is 3.45. The van der Waals surface area contributed by atoms with E-state index in [1.807, 2.05) is 35.2 Å². The lowest BCUT2D eigenvalue weighted by Gasteiger charge is -2.35. The monoisotopic (exact) mass is 379 g/mol. The third-order valence-electron chi connectivity index (χ3n) is 5.03. The molecule has 1 fully saturated rings. The van der Waals surface area contributed by atoms with E-state index in [1.54, 1.807) is 18.4 Å². The number of halogens is 1. The van der Waals surface area contributed by atoms with Gasteiger partial charge in [0.1, 0.15) is 12.1 Å². The van der Waals surface area contributed by atoms with E-state index in [0.29, 0.717) is 23.7 Å². The minimum absolute atomic E-state index is 0.127. The van der Waals surface area contributed by atoms with Crippen LogP contribution in [0, 0.1) is 5.82 Å². The third kappa shape index (κ3) is 3.97. The summed E-state index contributed by atoms with van der Waals surface area (Å²) in [6, 6.07) is 14.5. The Hall–Kier alpha value is -2.99. The first-order chi connectivity index (χ1) is 13.6. The van der Waals surface area contributed by atoms with E-state index in [9.17, 15) is 9.18 Å². The van der Waals surface area contributed by atoms with Crippen molar-refractivity contribution < 1.29 is 13.6 Å². The van der Waals surface area contributed by atoms with Gasteiger partial charge in [0.15, 0.2) is 5.78 Å².